The second kappa shape index (κ2) is 89.0. The second-order valence-corrected chi connectivity index (χ2v) is 31.4. The maximum absolute atomic E-state index is 2.32. The molecule has 90 heavy (non-hydrogen) atoms. The van der Waals surface area contributed by atoms with Gasteiger partial charge in [0, 0.05) is 0 Å². The van der Waals surface area contributed by atoms with Crippen molar-refractivity contribution >= 4 is 0 Å². The topological polar surface area (TPSA) is 0 Å². The van der Waals surface area contributed by atoms with Gasteiger partial charge >= 0.3 is 0 Å². The molecular weight excluding hydrogens is 1080 g/mol. The van der Waals surface area contributed by atoms with E-state index in [0.29, 0.717) is 0 Å². The lowest BCUT2D eigenvalue weighted by Gasteiger charge is -2.05. The molecule has 0 nitrogen and oxygen atoms in total. The van der Waals surface area contributed by atoms with E-state index < -0.39 is 0 Å². The van der Waals surface area contributed by atoms with Gasteiger partial charge in [0.1, 0.15) is 0 Å². The Morgan fingerprint density at radius 1 is 0.0556 bits per heavy atom. The van der Waals surface area contributed by atoms with E-state index >= 15 is 0 Å². The van der Waals surface area contributed by atoms with Crippen molar-refractivity contribution in [2.75, 3.05) is 0 Å². The largest absolute Gasteiger partial charge is 0.0654 e. The van der Waals surface area contributed by atoms with Gasteiger partial charge in [-0.3, -0.25) is 0 Å². The summed E-state index contributed by atoms with van der Waals surface area (Å²) in [5.74, 6) is 0. The Morgan fingerprint density at radius 2 is 0.0889 bits per heavy atom. The van der Waals surface area contributed by atoms with Gasteiger partial charge in [-0.05, 0) is 0 Å². The Morgan fingerprint density at radius 3 is 0.122 bits per heavy atom. The van der Waals surface area contributed by atoms with Crippen LogP contribution in [0.25, 0.3) is 0 Å². The van der Waals surface area contributed by atoms with Gasteiger partial charge in [0.25, 0.3) is 0 Å². The molecule has 0 atom stereocenters. The highest BCUT2D eigenvalue weighted by Gasteiger charge is 2.03. The van der Waals surface area contributed by atoms with Crippen LogP contribution in [0.4, 0.5) is 0 Å². The highest BCUT2D eigenvalue weighted by atomic mass is 14.1. The SMILES string of the molecule is CCCCCCCCCCCCCCCCCCCCCCCCCCCCCCCCCCCCCCCCCCCCCCCCCCCCCCCCCCCCCCCCCCCCCCCCCCCCCCCCCCCCCCCCCC. The van der Waals surface area contributed by atoms with E-state index in [9.17, 15) is 0 Å². The minimum Gasteiger partial charge on any atom is -0.0654 e. The molecule has 0 N–H and O–H groups in total. The van der Waals surface area contributed by atoms with E-state index in [4.69, 9.17) is 0 Å². The summed E-state index contributed by atoms with van der Waals surface area (Å²) < 4.78 is 0. The molecule has 0 aromatic rings. The molecule has 0 aliphatic carbocycles. The van der Waals surface area contributed by atoms with Crippen LogP contribution in [0.15, 0.2) is 0 Å². The minimum atomic E-state index is 1.37. The normalized spacial score (nSPS) is 11.8. The first-order chi connectivity index (χ1) is 44.9. The summed E-state index contributed by atoms with van der Waals surface area (Å²) in [5.41, 5.74) is 0. The van der Waals surface area contributed by atoms with E-state index in [1.807, 2.05) is 0 Å². The lowest BCUT2D eigenvalue weighted by atomic mass is 10.0. The van der Waals surface area contributed by atoms with Gasteiger partial charge < -0.3 is 0 Å². The number of unbranched alkanes of at least 4 members (excludes halogenated alkanes) is 87. The van der Waals surface area contributed by atoms with Gasteiger partial charge in [0.05, 0.1) is 0 Å². The van der Waals surface area contributed by atoms with Crippen LogP contribution in [0.3, 0.4) is 0 Å². The van der Waals surface area contributed by atoms with Gasteiger partial charge in [-0.2, -0.15) is 0 Å². The van der Waals surface area contributed by atoms with Crippen LogP contribution < -0.4 is 0 Å². The summed E-state index contributed by atoms with van der Waals surface area (Å²) >= 11 is 0. The van der Waals surface area contributed by atoms with Crippen LogP contribution in [-0.2, 0) is 0 Å². The first kappa shape index (κ1) is 90.0. The van der Waals surface area contributed by atoms with Crippen molar-refractivity contribution in [1.29, 1.82) is 0 Å². The van der Waals surface area contributed by atoms with Crippen molar-refractivity contribution in [3.05, 3.63) is 0 Å². The number of rotatable bonds is 87. The Kier molecular flexibility index (Phi) is 89.0. The van der Waals surface area contributed by atoms with E-state index in [1.54, 1.807) is 0 Å². The molecule has 0 saturated carbocycles. The molecule has 0 saturated heterocycles. The third kappa shape index (κ3) is 88.0. The van der Waals surface area contributed by atoms with Crippen LogP contribution >= 0.6 is 0 Å². The zero-order chi connectivity index (χ0) is 64.2. The summed E-state index contributed by atoms with van der Waals surface area (Å²) in [4.78, 5) is 0. The molecule has 0 rings (SSSR count). The molecule has 0 heteroatoms. The number of hydrogen-bond donors (Lipinski definition) is 0. The Balaban J connectivity index is 3.08. The second-order valence-electron chi connectivity index (χ2n) is 31.4. The molecule has 0 aliphatic rings. The van der Waals surface area contributed by atoms with Crippen LogP contribution in [0.5, 0.6) is 0 Å². The minimum absolute atomic E-state index is 1.37. The molecule has 542 valence electrons. The first-order valence-corrected chi connectivity index (χ1v) is 44.9. The average molecular weight is 1260 g/mol. The average Bonchev–Trinajstić information content (AvgIpc) is 3.55. The molecule has 0 unspecified atom stereocenters. The fourth-order valence-electron chi connectivity index (χ4n) is 15.3. The molecule has 0 heterocycles. The summed E-state index contributed by atoms with van der Waals surface area (Å²) in [7, 11) is 0. The molecule has 0 spiro atoms. The summed E-state index contributed by atoms with van der Waals surface area (Å²) in [6.45, 7) is 4.63. The van der Waals surface area contributed by atoms with Gasteiger partial charge in [0.2, 0.25) is 0 Å². The first-order valence-electron chi connectivity index (χ1n) is 44.9. The third-order valence-electron chi connectivity index (χ3n) is 22.0. The van der Waals surface area contributed by atoms with E-state index in [-0.39, 0.29) is 0 Å². The van der Waals surface area contributed by atoms with Crippen molar-refractivity contribution in [3.63, 3.8) is 0 Å². The van der Waals surface area contributed by atoms with Gasteiger partial charge in [0.15, 0.2) is 0 Å². The summed E-state index contributed by atoms with van der Waals surface area (Å²) in [6, 6.07) is 0. The third-order valence-corrected chi connectivity index (χ3v) is 22.0. The Bertz CT molecular complexity index is 1050. The van der Waals surface area contributed by atoms with Gasteiger partial charge in [-0.25, -0.2) is 0 Å². The maximum Gasteiger partial charge on any atom is -0.0533 e. The van der Waals surface area contributed by atoms with Crippen LogP contribution in [0.2, 0.25) is 0 Å². The quantitative estimate of drug-likeness (QED) is 0.0533. The van der Waals surface area contributed by atoms with Crippen LogP contribution in [-0.4, -0.2) is 0 Å². The van der Waals surface area contributed by atoms with Crippen LogP contribution in [0.1, 0.15) is 579 Å². The van der Waals surface area contributed by atoms with Crippen LogP contribution in [0, 0.1) is 0 Å². The van der Waals surface area contributed by atoms with E-state index in [0.717, 1.165) is 0 Å². The van der Waals surface area contributed by atoms with E-state index in [1.165, 1.54) is 565 Å². The molecule has 0 aliphatic heterocycles. The standard InChI is InChI=1S/C90H182/c1-3-5-7-9-11-13-15-17-19-21-23-25-27-29-31-33-35-37-39-41-43-45-47-49-51-53-55-57-59-61-63-65-67-69-71-73-75-77-79-81-83-85-87-89-90-88-86-84-82-80-78-76-74-72-70-68-66-64-62-60-58-56-54-52-50-48-46-44-42-40-38-36-34-32-30-28-26-24-22-20-18-16-14-12-10-8-6-4-2/h3-90H2,1-2H3. The zero-order valence-corrected chi connectivity index (χ0v) is 64.2. The molecule has 0 bridgehead atoms. The monoisotopic (exact) mass is 1260 g/mol. The molecule has 0 fully saturated rings. The van der Waals surface area contributed by atoms with Crippen molar-refractivity contribution in [2.45, 2.75) is 579 Å². The fourth-order valence-corrected chi connectivity index (χ4v) is 15.3. The number of hydrogen-bond acceptors (Lipinski definition) is 0. The molecule has 0 amide bonds. The highest BCUT2D eigenvalue weighted by Crippen LogP contribution is 2.23. The molecule has 0 aromatic carbocycles. The summed E-state index contributed by atoms with van der Waals surface area (Å²) in [5, 5.41) is 0. The van der Waals surface area contributed by atoms with Crippen molar-refractivity contribution in [1.82, 2.24) is 0 Å². The van der Waals surface area contributed by atoms with Gasteiger partial charge in [-0.1, -0.05) is 579 Å². The lowest BCUT2D eigenvalue weighted by molar-refractivity contribution is 0.505. The van der Waals surface area contributed by atoms with E-state index in [2.05, 4.69) is 13.8 Å². The Hall–Kier alpha value is 0. The zero-order valence-electron chi connectivity index (χ0n) is 64.2. The highest BCUT2D eigenvalue weighted by molar-refractivity contribution is 4.58. The predicted molar refractivity (Wildman–Crippen MR) is 418 cm³/mol. The fraction of sp³-hybridized carbons (Fsp3) is 1.00. The smallest absolute Gasteiger partial charge is 0.0533 e. The predicted octanol–water partition coefficient (Wildman–Crippen LogP) is 35.4. The van der Waals surface area contributed by atoms with Crippen molar-refractivity contribution in [2.24, 2.45) is 0 Å². The van der Waals surface area contributed by atoms with Crippen molar-refractivity contribution < 1.29 is 0 Å². The molecule has 0 aromatic heterocycles. The summed E-state index contributed by atoms with van der Waals surface area (Å²) in [6.07, 6.45) is 131. The van der Waals surface area contributed by atoms with Crippen molar-refractivity contribution in [3.8, 4) is 0 Å². The lowest BCUT2D eigenvalue weighted by Crippen LogP contribution is -1.85. The molecular formula is C90H182. The Labute approximate surface area is 575 Å². The molecule has 0 radical (unpaired) electrons. The maximum atomic E-state index is 2.32. The van der Waals surface area contributed by atoms with Gasteiger partial charge in [-0.15, -0.1) is 0 Å².